The van der Waals surface area contributed by atoms with E-state index in [0.717, 1.165) is 6.42 Å². The molecular formula is C9H15ClFNO. The van der Waals surface area contributed by atoms with Crippen molar-refractivity contribution in [3.8, 4) is 0 Å². The highest BCUT2D eigenvalue weighted by Crippen LogP contribution is 2.24. The van der Waals surface area contributed by atoms with Crippen molar-refractivity contribution in [3.05, 3.63) is 0 Å². The Balaban J connectivity index is 2.45. The Bertz CT molecular complexity index is 196. The van der Waals surface area contributed by atoms with Gasteiger partial charge in [0.2, 0.25) is 0 Å². The first kappa shape index (κ1) is 10.8. The second-order valence-corrected chi connectivity index (χ2v) is 4.26. The number of hydrogen-bond donors (Lipinski definition) is 0. The van der Waals surface area contributed by atoms with E-state index in [1.54, 1.807) is 0 Å². The number of carbonyl (C=O) groups excluding carboxylic acids is 1. The monoisotopic (exact) mass is 207 g/mol. The second kappa shape index (κ2) is 4.27. The zero-order valence-electron chi connectivity index (χ0n) is 7.96. The Morgan fingerprint density at radius 3 is 2.62 bits per heavy atom. The van der Waals surface area contributed by atoms with Crippen LogP contribution in [-0.2, 0) is 4.79 Å². The molecule has 2 atom stereocenters. The molecule has 0 aromatic rings. The van der Waals surface area contributed by atoms with Crippen molar-refractivity contribution >= 4 is 17.5 Å². The van der Waals surface area contributed by atoms with Gasteiger partial charge in [0.15, 0.2) is 0 Å². The van der Waals surface area contributed by atoms with Crippen LogP contribution >= 0.6 is 11.6 Å². The van der Waals surface area contributed by atoms with Crippen molar-refractivity contribution < 1.29 is 9.18 Å². The Labute approximate surface area is 83.0 Å². The van der Waals surface area contributed by atoms with Gasteiger partial charge in [0.05, 0.1) is 0 Å². The SMILES string of the molecule is CC(C)[C@@H]1CCN(C(=O)C(F)Cl)C1. The lowest BCUT2D eigenvalue weighted by molar-refractivity contribution is -0.132. The minimum Gasteiger partial charge on any atom is -0.339 e. The molecule has 1 saturated heterocycles. The largest absolute Gasteiger partial charge is 0.339 e. The minimum atomic E-state index is -1.87. The molecule has 0 radical (unpaired) electrons. The summed E-state index contributed by atoms with van der Waals surface area (Å²) in [5.41, 5.74) is -1.87. The zero-order valence-corrected chi connectivity index (χ0v) is 8.72. The number of alkyl halides is 2. The summed E-state index contributed by atoms with van der Waals surface area (Å²) < 4.78 is 12.4. The van der Waals surface area contributed by atoms with Crippen LogP contribution in [0, 0.1) is 11.8 Å². The van der Waals surface area contributed by atoms with Gasteiger partial charge in [-0.05, 0) is 18.3 Å². The van der Waals surface area contributed by atoms with Crippen molar-refractivity contribution in [1.82, 2.24) is 4.90 Å². The van der Waals surface area contributed by atoms with Crippen LogP contribution < -0.4 is 0 Å². The molecule has 0 aromatic carbocycles. The lowest BCUT2D eigenvalue weighted by Crippen LogP contribution is -2.33. The van der Waals surface area contributed by atoms with Crippen LogP contribution in [-0.4, -0.2) is 29.5 Å². The van der Waals surface area contributed by atoms with Crippen LogP contribution in [0.15, 0.2) is 0 Å². The molecule has 2 nitrogen and oxygen atoms in total. The molecule has 1 aliphatic heterocycles. The Morgan fingerprint density at radius 2 is 2.23 bits per heavy atom. The highest BCUT2D eigenvalue weighted by atomic mass is 35.5. The Hall–Kier alpha value is -0.310. The summed E-state index contributed by atoms with van der Waals surface area (Å²) in [5, 5.41) is 0. The molecule has 13 heavy (non-hydrogen) atoms. The molecule has 1 heterocycles. The maximum absolute atomic E-state index is 12.4. The smallest absolute Gasteiger partial charge is 0.272 e. The number of rotatable bonds is 2. The fourth-order valence-corrected chi connectivity index (χ4v) is 1.81. The minimum absolute atomic E-state index is 0.499. The van der Waals surface area contributed by atoms with Crippen LogP contribution in [0.1, 0.15) is 20.3 Å². The maximum Gasteiger partial charge on any atom is 0.272 e. The number of hydrogen-bond acceptors (Lipinski definition) is 1. The van der Waals surface area contributed by atoms with Crippen LogP contribution in [0.5, 0.6) is 0 Å². The lowest BCUT2D eigenvalue weighted by atomic mass is 9.95. The standard InChI is InChI=1S/C9H15ClFNO/c1-6(2)7-3-4-12(5-7)9(13)8(10)11/h6-8H,3-5H2,1-2H3/t7-,8?/m1/s1. The van der Waals surface area contributed by atoms with Gasteiger partial charge >= 0.3 is 0 Å². The predicted octanol–water partition coefficient (Wildman–Crippen LogP) is 2.03. The molecule has 4 heteroatoms. The summed E-state index contributed by atoms with van der Waals surface area (Å²) in [7, 11) is 0. The van der Waals surface area contributed by atoms with E-state index >= 15 is 0 Å². The fourth-order valence-electron chi connectivity index (χ4n) is 1.67. The normalized spacial score (nSPS) is 25.3. The van der Waals surface area contributed by atoms with Gasteiger partial charge in [-0.2, -0.15) is 0 Å². The number of nitrogens with zero attached hydrogens (tertiary/aromatic N) is 1. The number of halogens is 2. The quantitative estimate of drug-likeness (QED) is 0.635. The Kier molecular flexibility index (Phi) is 3.54. The summed E-state index contributed by atoms with van der Waals surface area (Å²) in [5.74, 6) is 0.468. The summed E-state index contributed by atoms with van der Waals surface area (Å²) in [4.78, 5) is 12.6. The zero-order chi connectivity index (χ0) is 10.0. The van der Waals surface area contributed by atoms with E-state index in [0.29, 0.717) is 24.9 Å². The Morgan fingerprint density at radius 1 is 1.62 bits per heavy atom. The number of amides is 1. The molecular weight excluding hydrogens is 193 g/mol. The van der Waals surface area contributed by atoms with E-state index in [1.165, 1.54) is 4.90 Å². The highest BCUT2D eigenvalue weighted by Gasteiger charge is 2.30. The molecule has 0 spiro atoms. The molecule has 0 bridgehead atoms. The molecule has 0 N–H and O–H groups in total. The third-order valence-corrected chi connectivity index (χ3v) is 2.85. The molecule has 0 saturated carbocycles. The average molecular weight is 208 g/mol. The molecule has 1 rings (SSSR count). The topological polar surface area (TPSA) is 20.3 Å². The van der Waals surface area contributed by atoms with Crippen molar-refractivity contribution in [2.45, 2.75) is 25.9 Å². The molecule has 1 aliphatic rings. The van der Waals surface area contributed by atoms with Crippen LogP contribution in [0.2, 0.25) is 0 Å². The van der Waals surface area contributed by atoms with Crippen LogP contribution in [0.25, 0.3) is 0 Å². The third-order valence-electron chi connectivity index (χ3n) is 2.67. The van der Waals surface area contributed by atoms with Gasteiger partial charge in [0.25, 0.3) is 11.5 Å². The molecule has 1 unspecified atom stereocenters. The van der Waals surface area contributed by atoms with Gasteiger partial charge in [0, 0.05) is 13.1 Å². The first-order valence-corrected chi connectivity index (χ1v) is 5.03. The number of carbonyl (C=O) groups is 1. The first-order chi connectivity index (χ1) is 6.02. The molecule has 0 aromatic heterocycles. The van der Waals surface area contributed by atoms with E-state index in [-0.39, 0.29) is 0 Å². The summed E-state index contributed by atoms with van der Waals surface area (Å²) >= 11 is 5.08. The maximum atomic E-state index is 12.4. The van der Waals surface area contributed by atoms with Crippen LogP contribution in [0.4, 0.5) is 4.39 Å². The van der Waals surface area contributed by atoms with Crippen molar-refractivity contribution in [3.63, 3.8) is 0 Å². The van der Waals surface area contributed by atoms with E-state index in [1.807, 2.05) is 0 Å². The average Bonchev–Trinajstić information content (AvgIpc) is 2.50. The fraction of sp³-hybridized carbons (Fsp3) is 0.889. The molecule has 1 fully saturated rings. The van der Waals surface area contributed by atoms with Crippen molar-refractivity contribution in [2.75, 3.05) is 13.1 Å². The third kappa shape index (κ3) is 2.56. The molecule has 0 aliphatic carbocycles. The van der Waals surface area contributed by atoms with E-state index in [4.69, 9.17) is 11.6 Å². The highest BCUT2D eigenvalue weighted by molar-refractivity contribution is 6.29. The van der Waals surface area contributed by atoms with Crippen molar-refractivity contribution in [1.29, 1.82) is 0 Å². The van der Waals surface area contributed by atoms with Crippen LogP contribution in [0.3, 0.4) is 0 Å². The van der Waals surface area contributed by atoms with Gasteiger partial charge in [-0.15, -0.1) is 0 Å². The second-order valence-electron chi connectivity index (χ2n) is 3.88. The predicted molar refractivity (Wildman–Crippen MR) is 50.3 cm³/mol. The summed E-state index contributed by atoms with van der Waals surface area (Å²) in [6.07, 6.45) is 0.965. The summed E-state index contributed by atoms with van der Waals surface area (Å²) in [6, 6.07) is 0. The molecule has 76 valence electrons. The van der Waals surface area contributed by atoms with Gasteiger partial charge in [-0.3, -0.25) is 4.79 Å². The van der Waals surface area contributed by atoms with Gasteiger partial charge in [-0.1, -0.05) is 25.4 Å². The lowest BCUT2D eigenvalue weighted by Gasteiger charge is -2.17. The van der Waals surface area contributed by atoms with E-state index in [2.05, 4.69) is 13.8 Å². The van der Waals surface area contributed by atoms with Gasteiger partial charge < -0.3 is 4.90 Å². The van der Waals surface area contributed by atoms with E-state index < -0.39 is 11.5 Å². The van der Waals surface area contributed by atoms with E-state index in [9.17, 15) is 9.18 Å². The number of likely N-dealkylation sites (tertiary alicyclic amines) is 1. The summed E-state index contributed by atoms with van der Waals surface area (Å²) in [6.45, 7) is 5.54. The first-order valence-electron chi connectivity index (χ1n) is 4.59. The molecule has 1 amide bonds. The van der Waals surface area contributed by atoms with Crippen molar-refractivity contribution in [2.24, 2.45) is 11.8 Å². The van der Waals surface area contributed by atoms with Gasteiger partial charge in [-0.25, -0.2) is 4.39 Å². The van der Waals surface area contributed by atoms with Gasteiger partial charge in [0.1, 0.15) is 0 Å².